The van der Waals surface area contributed by atoms with Crippen LogP contribution >= 0.6 is 0 Å². The third kappa shape index (κ3) is 3.82. The summed E-state index contributed by atoms with van der Waals surface area (Å²) in [5.74, 6) is 0.331. The number of benzene rings is 1. The zero-order valence-corrected chi connectivity index (χ0v) is 9.77. The summed E-state index contributed by atoms with van der Waals surface area (Å²) >= 11 is 0. The largest absolute Gasteiger partial charge is 0.467 e. The molecule has 1 aromatic heterocycles. The normalized spacial score (nSPS) is 10.5. The standard InChI is InChI=1S/C14H13FO3/c15-12-5-3-11(4-6-12)8-13(16)9-17-10-14-2-1-7-18-14/h1-7H,8-10H2. The van der Waals surface area contributed by atoms with Gasteiger partial charge in [-0.3, -0.25) is 4.79 Å². The van der Waals surface area contributed by atoms with E-state index in [0.717, 1.165) is 5.56 Å². The lowest BCUT2D eigenvalue weighted by Gasteiger charge is -2.02. The monoisotopic (exact) mass is 248 g/mol. The van der Waals surface area contributed by atoms with Crippen molar-refractivity contribution in [2.75, 3.05) is 6.61 Å². The topological polar surface area (TPSA) is 39.4 Å². The van der Waals surface area contributed by atoms with Gasteiger partial charge >= 0.3 is 0 Å². The second-order valence-corrected chi connectivity index (χ2v) is 3.91. The molecule has 18 heavy (non-hydrogen) atoms. The van der Waals surface area contributed by atoms with Crippen LogP contribution in [-0.4, -0.2) is 12.4 Å². The van der Waals surface area contributed by atoms with Crippen LogP contribution in [0.1, 0.15) is 11.3 Å². The van der Waals surface area contributed by atoms with E-state index < -0.39 is 0 Å². The van der Waals surface area contributed by atoms with Gasteiger partial charge in [-0.15, -0.1) is 0 Å². The summed E-state index contributed by atoms with van der Waals surface area (Å²) in [6, 6.07) is 9.42. The van der Waals surface area contributed by atoms with Crippen LogP contribution in [0.3, 0.4) is 0 Å². The van der Waals surface area contributed by atoms with Gasteiger partial charge in [-0.25, -0.2) is 4.39 Å². The maximum absolute atomic E-state index is 12.7. The number of ether oxygens (including phenoxy) is 1. The van der Waals surface area contributed by atoms with E-state index in [4.69, 9.17) is 9.15 Å². The maximum atomic E-state index is 12.7. The van der Waals surface area contributed by atoms with Gasteiger partial charge < -0.3 is 9.15 Å². The molecule has 0 N–H and O–H groups in total. The van der Waals surface area contributed by atoms with Crippen LogP contribution in [0.25, 0.3) is 0 Å². The molecule has 0 unspecified atom stereocenters. The fourth-order valence-corrected chi connectivity index (χ4v) is 1.54. The Morgan fingerprint density at radius 1 is 1.22 bits per heavy atom. The van der Waals surface area contributed by atoms with Crippen LogP contribution in [0.15, 0.2) is 47.1 Å². The van der Waals surface area contributed by atoms with E-state index in [9.17, 15) is 9.18 Å². The van der Waals surface area contributed by atoms with Crippen molar-refractivity contribution in [3.8, 4) is 0 Å². The number of rotatable bonds is 6. The average molecular weight is 248 g/mol. The molecular weight excluding hydrogens is 235 g/mol. The van der Waals surface area contributed by atoms with Crippen LogP contribution < -0.4 is 0 Å². The summed E-state index contributed by atoms with van der Waals surface area (Å²) in [6.45, 7) is 0.306. The molecule has 0 aliphatic heterocycles. The van der Waals surface area contributed by atoms with Crippen LogP contribution in [0.2, 0.25) is 0 Å². The predicted octanol–water partition coefficient (Wildman–Crippen LogP) is 2.75. The lowest BCUT2D eigenvalue weighted by Crippen LogP contribution is -2.11. The Morgan fingerprint density at radius 3 is 2.67 bits per heavy atom. The molecule has 0 saturated heterocycles. The Morgan fingerprint density at radius 2 is 2.00 bits per heavy atom. The summed E-state index contributed by atoms with van der Waals surface area (Å²) in [5, 5.41) is 0. The lowest BCUT2D eigenvalue weighted by atomic mass is 10.1. The first-order chi connectivity index (χ1) is 8.74. The van der Waals surface area contributed by atoms with E-state index in [1.807, 2.05) is 0 Å². The van der Waals surface area contributed by atoms with E-state index in [1.165, 1.54) is 12.1 Å². The van der Waals surface area contributed by atoms with Crippen molar-refractivity contribution < 1.29 is 18.3 Å². The third-order valence-electron chi connectivity index (χ3n) is 2.40. The van der Waals surface area contributed by atoms with Gasteiger partial charge in [-0.05, 0) is 29.8 Å². The van der Waals surface area contributed by atoms with Gasteiger partial charge in [-0.1, -0.05) is 12.1 Å². The highest BCUT2D eigenvalue weighted by molar-refractivity contribution is 5.82. The molecule has 2 rings (SSSR count). The van der Waals surface area contributed by atoms with E-state index in [2.05, 4.69) is 0 Å². The minimum atomic E-state index is -0.305. The van der Waals surface area contributed by atoms with Gasteiger partial charge in [0.15, 0.2) is 5.78 Å². The molecule has 0 aliphatic carbocycles. The van der Waals surface area contributed by atoms with Crippen molar-refractivity contribution in [1.82, 2.24) is 0 Å². The molecule has 0 fully saturated rings. The van der Waals surface area contributed by atoms with Crippen molar-refractivity contribution >= 4 is 5.78 Å². The number of hydrogen-bond acceptors (Lipinski definition) is 3. The van der Waals surface area contributed by atoms with E-state index in [-0.39, 0.29) is 31.2 Å². The van der Waals surface area contributed by atoms with Crippen LogP contribution in [0.5, 0.6) is 0 Å². The quantitative estimate of drug-likeness (QED) is 0.789. The first-order valence-corrected chi connectivity index (χ1v) is 5.60. The van der Waals surface area contributed by atoms with Crippen LogP contribution in [0, 0.1) is 5.82 Å². The molecule has 0 radical (unpaired) electrons. The van der Waals surface area contributed by atoms with Crippen LogP contribution in [-0.2, 0) is 22.6 Å². The molecule has 2 aromatic rings. The Labute approximate surface area is 104 Å². The maximum Gasteiger partial charge on any atom is 0.162 e. The zero-order valence-electron chi connectivity index (χ0n) is 9.77. The van der Waals surface area contributed by atoms with Gasteiger partial charge in [0.1, 0.15) is 24.8 Å². The van der Waals surface area contributed by atoms with E-state index in [1.54, 1.807) is 30.5 Å². The number of Topliss-reactive ketones (excluding diaryl/α,β-unsaturated/α-hetero) is 1. The molecule has 3 nitrogen and oxygen atoms in total. The lowest BCUT2D eigenvalue weighted by molar-refractivity contribution is -0.123. The Balaban J connectivity index is 1.73. The average Bonchev–Trinajstić information content (AvgIpc) is 2.85. The summed E-state index contributed by atoms with van der Waals surface area (Å²) < 4.78 is 23.0. The molecule has 0 amide bonds. The van der Waals surface area contributed by atoms with Gasteiger partial charge in [-0.2, -0.15) is 0 Å². The highest BCUT2D eigenvalue weighted by Gasteiger charge is 2.05. The third-order valence-corrected chi connectivity index (χ3v) is 2.40. The smallest absolute Gasteiger partial charge is 0.162 e. The molecule has 0 bridgehead atoms. The first-order valence-electron chi connectivity index (χ1n) is 5.60. The van der Waals surface area contributed by atoms with Crippen molar-refractivity contribution in [2.24, 2.45) is 0 Å². The molecular formula is C14H13FO3. The number of carbonyl (C=O) groups is 1. The van der Waals surface area contributed by atoms with Crippen molar-refractivity contribution in [2.45, 2.75) is 13.0 Å². The second-order valence-electron chi connectivity index (χ2n) is 3.91. The van der Waals surface area contributed by atoms with Crippen molar-refractivity contribution in [3.63, 3.8) is 0 Å². The Hall–Kier alpha value is -1.94. The number of carbonyl (C=O) groups excluding carboxylic acids is 1. The SMILES string of the molecule is O=C(COCc1ccco1)Cc1ccc(F)cc1. The highest BCUT2D eigenvalue weighted by Crippen LogP contribution is 2.05. The summed E-state index contributed by atoms with van der Waals surface area (Å²) in [4.78, 5) is 11.6. The van der Waals surface area contributed by atoms with Gasteiger partial charge in [0.25, 0.3) is 0 Å². The Kier molecular flexibility index (Phi) is 4.25. The number of ketones is 1. The molecule has 1 heterocycles. The highest BCUT2D eigenvalue weighted by atomic mass is 19.1. The van der Waals surface area contributed by atoms with Gasteiger partial charge in [0.2, 0.25) is 0 Å². The summed E-state index contributed by atoms with van der Waals surface area (Å²) in [6.07, 6.45) is 1.80. The molecule has 0 atom stereocenters. The minimum Gasteiger partial charge on any atom is -0.467 e. The minimum absolute atomic E-state index is 0.0259. The summed E-state index contributed by atoms with van der Waals surface area (Å²) in [5.41, 5.74) is 0.781. The van der Waals surface area contributed by atoms with Gasteiger partial charge in [0, 0.05) is 6.42 Å². The molecule has 0 aliphatic rings. The number of furan rings is 1. The first kappa shape index (κ1) is 12.5. The summed E-state index contributed by atoms with van der Waals surface area (Å²) in [7, 11) is 0. The Bertz CT molecular complexity index is 488. The fourth-order valence-electron chi connectivity index (χ4n) is 1.54. The predicted molar refractivity (Wildman–Crippen MR) is 63.5 cm³/mol. The van der Waals surface area contributed by atoms with E-state index in [0.29, 0.717) is 5.76 Å². The van der Waals surface area contributed by atoms with Crippen molar-refractivity contribution in [1.29, 1.82) is 0 Å². The van der Waals surface area contributed by atoms with E-state index >= 15 is 0 Å². The van der Waals surface area contributed by atoms with Gasteiger partial charge in [0.05, 0.1) is 6.26 Å². The molecule has 1 aromatic carbocycles. The second kappa shape index (κ2) is 6.12. The molecule has 4 heteroatoms. The number of halogens is 1. The fraction of sp³-hybridized carbons (Fsp3) is 0.214. The van der Waals surface area contributed by atoms with Crippen LogP contribution in [0.4, 0.5) is 4.39 Å². The molecule has 0 spiro atoms. The number of hydrogen-bond donors (Lipinski definition) is 0. The molecule has 94 valence electrons. The van der Waals surface area contributed by atoms with Crippen molar-refractivity contribution in [3.05, 3.63) is 59.8 Å². The zero-order chi connectivity index (χ0) is 12.8. The molecule has 0 saturated carbocycles.